The first-order valence-corrected chi connectivity index (χ1v) is 16.4. The minimum absolute atomic E-state index is 0.109. The summed E-state index contributed by atoms with van der Waals surface area (Å²) in [6.07, 6.45) is 0. The fourth-order valence-corrected chi connectivity index (χ4v) is 6.94. The zero-order valence-corrected chi connectivity index (χ0v) is 26.5. The highest BCUT2D eigenvalue weighted by Crippen LogP contribution is 2.39. The van der Waals surface area contributed by atoms with E-state index in [2.05, 4.69) is 6.07 Å². The van der Waals surface area contributed by atoms with Crippen LogP contribution in [-0.2, 0) is 0 Å². The molecule has 0 aliphatic heterocycles. The van der Waals surface area contributed by atoms with Crippen molar-refractivity contribution < 1.29 is 4.42 Å². The first kappa shape index (κ1) is 28.1. The molecule has 6 aromatic carbocycles. The van der Waals surface area contributed by atoms with Crippen LogP contribution < -0.4 is 5.56 Å². The summed E-state index contributed by atoms with van der Waals surface area (Å²) in [4.78, 5) is 34.2. The molecule has 0 aliphatic rings. The average molecular weight is 644 g/mol. The molecule has 50 heavy (non-hydrogen) atoms. The molecule has 10 aromatic rings. The summed E-state index contributed by atoms with van der Waals surface area (Å²) in [5.41, 5.74) is 7.72. The van der Waals surface area contributed by atoms with Crippen LogP contribution in [0, 0.1) is 0 Å². The molecule has 0 atom stereocenters. The summed E-state index contributed by atoms with van der Waals surface area (Å²) in [6, 6.07) is 49.5. The van der Waals surface area contributed by atoms with Crippen LogP contribution >= 0.6 is 0 Å². The van der Waals surface area contributed by atoms with Gasteiger partial charge >= 0.3 is 0 Å². The van der Waals surface area contributed by atoms with Crippen LogP contribution in [-0.4, -0.2) is 24.3 Å². The van der Waals surface area contributed by atoms with E-state index in [-0.39, 0.29) is 5.56 Å². The van der Waals surface area contributed by atoms with Gasteiger partial charge in [0.2, 0.25) is 0 Å². The maximum absolute atomic E-state index is 14.3. The van der Waals surface area contributed by atoms with Gasteiger partial charge < -0.3 is 4.42 Å². The van der Waals surface area contributed by atoms with Gasteiger partial charge in [0, 0.05) is 27.5 Å². The Balaban J connectivity index is 1.21. The summed E-state index contributed by atoms with van der Waals surface area (Å²) >= 11 is 0. The van der Waals surface area contributed by atoms with Gasteiger partial charge in [0.25, 0.3) is 5.56 Å². The Morgan fingerprint density at radius 1 is 0.480 bits per heavy atom. The monoisotopic (exact) mass is 643 g/mol. The highest BCUT2D eigenvalue weighted by atomic mass is 16.3. The molecule has 0 unspecified atom stereocenters. The fraction of sp³-hybridized carbons (Fsp3) is 0. The molecule has 234 valence electrons. The van der Waals surface area contributed by atoms with Crippen LogP contribution in [0.2, 0.25) is 0 Å². The molecule has 0 amide bonds. The number of para-hydroxylation sites is 1. The highest BCUT2D eigenvalue weighted by Gasteiger charge is 2.19. The number of furan rings is 1. The lowest BCUT2D eigenvalue weighted by molar-refractivity contribution is 0.669. The van der Waals surface area contributed by atoms with Crippen LogP contribution in [0.1, 0.15) is 0 Å². The number of rotatable bonds is 4. The quantitative estimate of drug-likeness (QED) is 0.140. The van der Waals surface area contributed by atoms with Crippen molar-refractivity contribution in [2.45, 2.75) is 0 Å². The molecule has 10 rings (SSSR count). The number of benzene rings is 6. The molecule has 7 heteroatoms. The van der Waals surface area contributed by atoms with Crippen molar-refractivity contribution in [3.63, 3.8) is 0 Å². The Labute approximate surface area is 284 Å². The minimum atomic E-state index is -0.109. The third kappa shape index (κ3) is 4.41. The Morgan fingerprint density at radius 3 is 1.94 bits per heavy atom. The SMILES string of the molecule is O=c1c2c(-c3ccc4oc5cccc(-c6nc(-c7ccccc7)nc(-c7ccccc7)n6)c5c4c3)cccc2nc2ccc3ccccc3n12. The van der Waals surface area contributed by atoms with E-state index in [9.17, 15) is 4.79 Å². The Morgan fingerprint density at radius 2 is 1.16 bits per heavy atom. The van der Waals surface area contributed by atoms with E-state index < -0.39 is 0 Å². The zero-order chi connectivity index (χ0) is 33.2. The Bertz CT molecular complexity index is 2950. The molecule has 0 N–H and O–H groups in total. The topological polar surface area (TPSA) is 86.2 Å². The molecule has 0 aliphatic carbocycles. The van der Waals surface area contributed by atoms with Crippen LogP contribution in [0.15, 0.2) is 161 Å². The van der Waals surface area contributed by atoms with E-state index in [0.717, 1.165) is 60.7 Å². The minimum Gasteiger partial charge on any atom is -0.456 e. The van der Waals surface area contributed by atoms with Gasteiger partial charge in [-0.3, -0.25) is 9.20 Å². The summed E-state index contributed by atoms with van der Waals surface area (Å²) in [5.74, 6) is 1.72. The third-order valence-electron chi connectivity index (χ3n) is 9.26. The highest BCUT2D eigenvalue weighted by molar-refractivity contribution is 6.13. The Kier molecular flexibility index (Phi) is 6.19. The first-order valence-electron chi connectivity index (χ1n) is 16.4. The van der Waals surface area contributed by atoms with Crippen molar-refractivity contribution in [2.24, 2.45) is 0 Å². The maximum Gasteiger partial charge on any atom is 0.266 e. The fourth-order valence-electron chi connectivity index (χ4n) is 6.94. The van der Waals surface area contributed by atoms with Crippen LogP contribution in [0.25, 0.3) is 94.7 Å². The predicted octanol–water partition coefficient (Wildman–Crippen LogP) is 9.75. The van der Waals surface area contributed by atoms with E-state index in [1.807, 2.05) is 146 Å². The van der Waals surface area contributed by atoms with Gasteiger partial charge in [-0.15, -0.1) is 0 Å². The van der Waals surface area contributed by atoms with Gasteiger partial charge in [-0.25, -0.2) is 19.9 Å². The lowest BCUT2D eigenvalue weighted by Gasteiger charge is -2.11. The number of nitrogens with zero attached hydrogens (tertiary/aromatic N) is 5. The van der Waals surface area contributed by atoms with Crippen molar-refractivity contribution in [3.8, 4) is 45.3 Å². The largest absolute Gasteiger partial charge is 0.456 e. The summed E-state index contributed by atoms with van der Waals surface area (Å²) in [6.45, 7) is 0. The summed E-state index contributed by atoms with van der Waals surface area (Å²) < 4.78 is 8.11. The van der Waals surface area contributed by atoms with Gasteiger partial charge in [0.1, 0.15) is 16.8 Å². The van der Waals surface area contributed by atoms with E-state index >= 15 is 0 Å². The van der Waals surface area contributed by atoms with Crippen molar-refractivity contribution in [1.82, 2.24) is 24.3 Å². The molecule has 0 saturated heterocycles. The smallest absolute Gasteiger partial charge is 0.266 e. The molecule has 4 aromatic heterocycles. The summed E-state index contributed by atoms with van der Waals surface area (Å²) in [5, 5.41) is 3.32. The maximum atomic E-state index is 14.3. The molecule has 0 saturated carbocycles. The standard InChI is InChI=1S/C43H25N5O2/c49-43-39-30(16-9-18-33(39)44-37-24-22-26-11-7-8-19-34(26)48(37)43)29-21-23-35-32(25-29)38-31(17-10-20-36(38)50-35)42-46-40(27-12-3-1-4-13-27)45-41(47-42)28-14-5-2-6-15-28/h1-25H. The third-order valence-corrected chi connectivity index (χ3v) is 9.26. The molecule has 7 nitrogen and oxygen atoms in total. The number of hydrogen-bond donors (Lipinski definition) is 0. The van der Waals surface area contributed by atoms with Crippen molar-refractivity contribution >= 4 is 49.4 Å². The lowest BCUT2D eigenvalue weighted by Crippen LogP contribution is -2.16. The van der Waals surface area contributed by atoms with Crippen LogP contribution in [0.4, 0.5) is 0 Å². The average Bonchev–Trinajstić information content (AvgIpc) is 3.56. The van der Waals surface area contributed by atoms with Gasteiger partial charge in [0.15, 0.2) is 17.5 Å². The number of pyridine rings is 1. The van der Waals surface area contributed by atoms with Crippen molar-refractivity contribution in [2.75, 3.05) is 0 Å². The molecule has 0 spiro atoms. The molecule has 0 radical (unpaired) electrons. The second-order valence-corrected chi connectivity index (χ2v) is 12.2. The van der Waals surface area contributed by atoms with Gasteiger partial charge in [-0.05, 0) is 59.0 Å². The normalized spacial score (nSPS) is 11.7. The van der Waals surface area contributed by atoms with E-state index in [4.69, 9.17) is 24.4 Å². The molecule has 4 heterocycles. The summed E-state index contributed by atoms with van der Waals surface area (Å²) in [7, 11) is 0. The van der Waals surface area contributed by atoms with Gasteiger partial charge in [-0.2, -0.15) is 0 Å². The molecular weight excluding hydrogens is 619 g/mol. The number of aromatic nitrogens is 5. The molecular formula is C43H25N5O2. The first-order chi connectivity index (χ1) is 24.7. The predicted molar refractivity (Wildman–Crippen MR) is 199 cm³/mol. The molecule has 0 bridgehead atoms. The van der Waals surface area contributed by atoms with Gasteiger partial charge in [-0.1, -0.05) is 109 Å². The van der Waals surface area contributed by atoms with Crippen LogP contribution in [0.3, 0.4) is 0 Å². The van der Waals surface area contributed by atoms with Gasteiger partial charge in [0.05, 0.1) is 16.4 Å². The second kappa shape index (κ2) is 11.0. The lowest BCUT2D eigenvalue weighted by atomic mass is 9.98. The number of hydrogen-bond acceptors (Lipinski definition) is 6. The van der Waals surface area contributed by atoms with Crippen molar-refractivity contribution in [3.05, 3.63) is 162 Å². The molecule has 0 fully saturated rings. The Hall–Kier alpha value is -6.99. The van der Waals surface area contributed by atoms with Crippen molar-refractivity contribution in [1.29, 1.82) is 0 Å². The van der Waals surface area contributed by atoms with E-state index in [0.29, 0.717) is 34.0 Å². The second-order valence-electron chi connectivity index (χ2n) is 12.2. The van der Waals surface area contributed by atoms with Crippen LogP contribution in [0.5, 0.6) is 0 Å². The van der Waals surface area contributed by atoms with E-state index in [1.165, 1.54) is 0 Å². The van der Waals surface area contributed by atoms with E-state index in [1.54, 1.807) is 4.40 Å². The number of fused-ring (bicyclic) bond motifs is 7. The zero-order valence-electron chi connectivity index (χ0n) is 26.5.